The second-order valence-electron chi connectivity index (χ2n) is 6.54. The second kappa shape index (κ2) is 9.40. The molecule has 2 aliphatic carbocycles. The minimum atomic E-state index is -0.503. The summed E-state index contributed by atoms with van der Waals surface area (Å²) in [5.74, 6) is -0.765. The fraction of sp³-hybridized carbons (Fsp3) is 0.455. The van der Waals surface area contributed by atoms with Crippen LogP contribution in [-0.4, -0.2) is 32.3 Å². The van der Waals surface area contributed by atoms with Gasteiger partial charge in [0.2, 0.25) is 0 Å². The summed E-state index contributed by atoms with van der Waals surface area (Å²) >= 11 is 0. The molecular weight excluding hydrogens is 344 g/mol. The molecule has 0 unspecified atom stereocenters. The number of carbonyl (C=O) groups excluding carboxylic acids is 2. The molecule has 0 spiro atoms. The molecule has 5 nitrogen and oxygen atoms in total. The number of carbonyl (C=O) groups is 2. The van der Waals surface area contributed by atoms with Gasteiger partial charge >= 0.3 is 11.9 Å². The van der Waals surface area contributed by atoms with Gasteiger partial charge in [-0.1, -0.05) is 43.5 Å². The van der Waals surface area contributed by atoms with E-state index in [1.165, 1.54) is 7.11 Å². The van der Waals surface area contributed by atoms with Crippen molar-refractivity contribution >= 4 is 11.9 Å². The molecule has 146 valence electrons. The van der Waals surface area contributed by atoms with Crippen LogP contribution in [0.25, 0.3) is 11.1 Å². The zero-order chi connectivity index (χ0) is 20.0. The van der Waals surface area contributed by atoms with Gasteiger partial charge < -0.3 is 14.2 Å². The topological polar surface area (TPSA) is 61.8 Å². The second-order valence-corrected chi connectivity index (χ2v) is 6.54. The van der Waals surface area contributed by atoms with Crippen LogP contribution in [0.5, 0.6) is 5.75 Å². The van der Waals surface area contributed by atoms with Crippen molar-refractivity contribution in [1.82, 2.24) is 0 Å². The average molecular weight is 372 g/mol. The predicted octanol–water partition coefficient (Wildman–Crippen LogP) is 4.94. The van der Waals surface area contributed by atoms with E-state index in [0.717, 1.165) is 30.4 Å². The molecular formula is C22H28O5. The number of hydrogen-bond donors (Lipinski definition) is 0. The third-order valence-corrected chi connectivity index (χ3v) is 4.46. The molecule has 2 aliphatic rings. The van der Waals surface area contributed by atoms with E-state index >= 15 is 0 Å². The van der Waals surface area contributed by atoms with Crippen molar-refractivity contribution < 1.29 is 23.8 Å². The van der Waals surface area contributed by atoms with Gasteiger partial charge in [-0.05, 0) is 32.8 Å². The Balaban J connectivity index is 2.63. The minimum absolute atomic E-state index is 0.218. The normalized spacial score (nSPS) is 10.7. The number of fused-ring (bicyclic) bond motifs is 1. The third kappa shape index (κ3) is 4.41. The Bertz CT molecular complexity index is 794. The van der Waals surface area contributed by atoms with Gasteiger partial charge in [-0.25, -0.2) is 9.59 Å². The summed E-state index contributed by atoms with van der Waals surface area (Å²) in [5, 5.41) is 0. The predicted molar refractivity (Wildman–Crippen MR) is 105 cm³/mol. The quantitative estimate of drug-likeness (QED) is 0.485. The maximum atomic E-state index is 12.8. The van der Waals surface area contributed by atoms with Gasteiger partial charge in [0, 0.05) is 11.1 Å². The molecule has 0 fully saturated rings. The Morgan fingerprint density at radius 3 is 2.30 bits per heavy atom. The lowest BCUT2D eigenvalue weighted by Crippen LogP contribution is -2.09. The molecule has 0 amide bonds. The highest BCUT2D eigenvalue weighted by atomic mass is 16.5. The molecule has 0 aliphatic heterocycles. The molecule has 0 heterocycles. The Morgan fingerprint density at radius 1 is 0.963 bits per heavy atom. The van der Waals surface area contributed by atoms with E-state index in [2.05, 4.69) is 6.92 Å². The first-order valence-electron chi connectivity index (χ1n) is 9.41. The summed E-state index contributed by atoms with van der Waals surface area (Å²) in [6.07, 6.45) is 2.84. The molecule has 0 radical (unpaired) electrons. The van der Waals surface area contributed by atoms with Crippen molar-refractivity contribution in [2.24, 2.45) is 0 Å². The maximum absolute atomic E-state index is 12.8. The first-order valence-corrected chi connectivity index (χ1v) is 9.41. The lowest BCUT2D eigenvalue weighted by Gasteiger charge is -2.07. The van der Waals surface area contributed by atoms with Crippen molar-refractivity contribution in [2.75, 3.05) is 20.3 Å². The van der Waals surface area contributed by atoms with Gasteiger partial charge in [0.05, 0.1) is 20.3 Å². The monoisotopic (exact) mass is 372 g/mol. The molecule has 0 bridgehead atoms. The molecule has 0 aromatic rings. The van der Waals surface area contributed by atoms with Crippen LogP contribution >= 0.6 is 0 Å². The van der Waals surface area contributed by atoms with E-state index in [9.17, 15) is 9.59 Å². The fourth-order valence-electron chi connectivity index (χ4n) is 3.27. The van der Waals surface area contributed by atoms with Crippen LogP contribution in [0, 0.1) is 13.8 Å². The summed E-state index contributed by atoms with van der Waals surface area (Å²) < 4.78 is 16.2. The van der Waals surface area contributed by atoms with Gasteiger partial charge in [0.15, 0.2) is 0 Å². The number of unbranched alkanes of at least 4 members (excludes halogenated alkanes) is 2. The van der Waals surface area contributed by atoms with Crippen molar-refractivity contribution in [2.45, 2.75) is 47.0 Å². The summed E-state index contributed by atoms with van der Waals surface area (Å²) in [5.41, 5.74) is 3.77. The number of aryl methyl sites for hydroxylation is 2. The van der Waals surface area contributed by atoms with Crippen molar-refractivity contribution in [3.63, 3.8) is 0 Å². The highest BCUT2D eigenvalue weighted by Gasteiger charge is 2.34. The number of hydrogen-bond acceptors (Lipinski definition) is 5. The van der Waals surface area contributed by atoms with Crippen LogP contribution in [0.4, 0.5) is 0 Å². The molecule has 0 N–H and O–H groups in total. The highest BCUT2D eigenvalue weighted by molar-refractivity contribution is 6.13. The van der Waals surface area contributed by atoms with E-state index in [4.69, 9.17) is 14.2 Å². The lowest BCUT2D eigenvalue weighted by atomic mass is 10.0. The van der Waals surface area contributed by atoms with Crippen LogP contribution in [0.15, 0.2) is 18.2 Å². The van der Waals surface area contributed by atoms with Crippen molar-refractivity contribution in [1.29, 1.82) is 0 Å². The van der Waals surface area contributed by atoms with Crippen LogP contribution in [0.2, 0.25) is 0 Å². The number of ether oxygens (including phenoxy) is 3. The van der Waals surface area contributed by atoms with Gasteiger partial charge in [-0.2, -0.15) is 0 Å². The summed E-state index contributed by atoms with van der Waals surface area (Å²) in [4.78, 5) is 25.5. The van der Waals surface area contributed by atoms with E-state index in [0.29, 0.717) is 17.7 Å². The standard InChI is InChI=1S/C22H28O5/c1-6-8-9-12-27-21(23)18-16-11-10-14(3)13-15(4)17(16)19(20(18)25-5)22(24)26-7-2/h10-11,13H,6-9,12H2,1-5H3. The molecule has 0 atom stereocenters. The lowest BCUT2D eigenvalue weighted by molar-refractivity contribution is 0.0496. The summed E-state index contributed by atoms with van der Waals surface area (Å²) in [6, 6.07) is 5.73. The Labute approximate surface area is 161 Å². The molecule has 5 heteroatoms. The Morgan fingerprint density at radius 2 is 1.67 bits per heavy atom. The number of rotatable bonds is 8. The van der Waals surface area contributed by atoms with Crippen LogP contribution < -0.4 is 4.74 Å². The Kier molecular flexibility index (Phi) is 7.22. The van der Waals surface area contributed by atoms with E-state index in [1.54, 1.807) is 6.92 Å². The summed E-state index contributed by atoms with van der Waals surface area (Å²) in [6.45, 7) is 8.29. The molecule has 0 saturated heterocycles. The maximum Gasteiger partial charge on any atom is 0.342 e. The number of methoxy groups -OCH3 is 1. The summed E-state index contributed by atoms with van der Waals surface area (Å²) in [7, 11) is 1.45. The van der Waals surface area contributed by atoms with E-state index in [-0.39, 0.29) is 23.5 Å². The van der Waals surface area contributed by atoms with Crippen molar-refractivity contribution in [3.8, 4) is 16.9 Å². The van der Waals surface area contributed by atoms with E-state index in [1.807, 2.05) is 32.0 Å². The minimum Gasteiger partial charge on any atom is -0.495 e. The number of esters is 2. The highest BCUT2D eigenvalue weighted by Crippen LogP contribution is 2.44. The first-order chi connectivity index (χ1) is 13.0. The largest absolute Gasteiger partial charge is 0.495 e. The van der Waals surface area contributed by atoms with E-state index < -0.39 is 11.9 Å². The van der Waals surface area contributed by atoms with Gasteiger partial charge in [-0.3, -0.25) is 0 Å². The molecule has 0 aromatic carbocycles. The fourth-order valence-corrected chi connectivity index (χ4v) is 3.27. The molecule has 2 rings (SSSR count). The van der Waals surface area contributed by atoms with Gasteiger partial charge in [0.1, 0.15) is 16.9 Å². The molecule has 27 heavy (non-hydrogen) atoms. The van der Waals surface area contributed by atoms with Crippen LogP contribution in [0.1, 0.15) is 65.0 Å². The van der Waals surface area contributed by atoms with Gasteiger partial charge in [0.25, 0.3) is 0 Å². The smallest absolute Gasteiger partial charge is 0.342 e. The zero-order valence-corrected chi connectivity index (χ0v) is 16.8. The molecule has 0 saturated carbocycles. The zero-order valence-electron chi connectivity index (χ0n) is 16.8. The van der Waals surface area contributed by atoms with Crippen LogP contribution in [-0.2, 0) is 9.47 Å². The first kappa shape index (κ1) is 20.7. The Hall–Kier alpha value is -2.56. The molecule has 0 aromatic heterocycles. The van der Waals surface area contributed by atoms with Gasteiger partial charge in [-0.15, -0.1) is 0 Å². The SMILES string of the molecule is CCCCCOC(=O)c1c2ccc(C)cc(C)c-2c(C(=O)OCC)c1OC. The third-order valence-electron chi connectivity index (χ3n) is 4.46. The van der Waals surface area contributed by atoms with Crippen LogP contribution in [0.3, 0.4) is 0 Å². The van der Waals surface area contributed by atoms with Crippen molar-refractivity contribution in [3.05, 3.63) is 40.5 Å². The average Bonchev–Trinajstić information content (AvgIpc) is 2.90.